The van der Waals surface area contributed by atoms with Crippen LogP contribution in [0, 0.1) is 6.92 Å². The second-order valence-corrected chi connectivity index (χ2v) is 9.62. The van der Waals surface area contributed by atoms with Crippen LogP contribution in [0.2, 0.25) is 0 Å². The number of allylic oxidation sites excluding steroid dienone is 3. The fraction of sp³-hybridized carbons (Fsp3) is 0.0370. The molecule has 3 aromatic carbocycles. The number of fused-ring (bicyclic) bond motifs is 4. The third-order valence-corrected chi connectivity index (χ3v) is 7.94. The summed E-state index contributed by atoms with van der Waals surface area (Å²) in [5, 5.41) is 2.77. The van der Waals surface area contributed by atoms with Gasteiger partial charge in [0.15, 0.2) is 0 Å². The van der Waals surface area contributed by atoms with Gasteiger partial charge in [-0.3, -0.25) is 0 Å². The van der Waals surface area contributed by atoms with E-state index in [4.69, 9.17) is 0 Å². The first kappa shape index (κ1) is 17.2. The van der Waals surface area contributed by atoms with E-state index >= 15 is 0 Å². The molecule has 0 spiro atoms. The predicted molar refractivity (Wildman–Crippen MR) is 136 cm³/mol. The summed E-state index contributed by atoms with van der Waals surface area (Å²) in [6.45, 7) is 6.52. The lowest BCUT2D eigenvalue weighted by atomic mass is 9.30. The minimum absolute atomic E-state index is 0.175. The number of halogens is 1. The number of aryl methyl sites for hydroxylation is 1. The molecule has 3 aliphatic rings. The van der Waals surface area contributed by atoms with Crippen LogP contribution in [0.25, 0.3) is 26.3 Å². The van der Waals surface area contributed by atoms with Crippen LogP contribution >= 0.6 is 20.7 Å². The average Bonchev–Trinajstić information content (AvgIpc) is 2.96. The van der Waals surface area contributed by atoms with E-state index in [9.17, 15) is 0 Å². The van der Waals surface area contributed by atoms with Gasteiger partial charge in [0.1, 0.15) is 0 Å². The van der Waals surface area contributed by atoms with Gasteiger partial charge in [0, 0.05) is 0 Å². The molecule has 3 heterocycles. The van der Waals surface area contributed by atoms with Gasteiger partial charge in [0.05, 0.1) is 0 Å². The molecule has 0 fully saturated rings. The Kier molecular flexibility index (Phi) is 3.81. The minimum atomic E-state index is -0.175. The maximum atomic E-state index is 4.05. The number of benzene rings is 3. The van der Waals surface area contributed by atoms with E-state index in [-0.39, 0.29) is 27.4 Å². The maximum Gasteiger partial charge on any atom is 0.244 e. The van der Waals surface area contributed by atoms with Gasteiger partial charge >= 0.3 is 0 Å². The van der Waals surface area contributed by atoms with Crippen molar-refractivity contribution in [3.05, 3.63) is 107 Å². The van der Waals surface area contributed by atoms with E-state index in [1.165, 1.54) is 60.2 Å². The Morgan fingerprint density at radius 1 is 0.966 bits per heavy atom. The fourth-order valence-electron chi connectivity index (χ4n) is 5.24. The standard InChI is InChI=1S/C27H18BI/c1-3-7-23-25-17(2)8-4-10-19(25)21-11-6-12-22-20-14-15-29-16-18-9-5-13-24(26(18)20)28(23)27(21)22/h3-14,16H,1H2,2H3/b23-7+. The van der Waals surface area contributed by atoms with Crippen LogP contribution < -0.4 is 21.4 Å². The third-order valence-electron chi connectivity index (χ3n) is 6.29. The van der Waals surface area contributed by atoms with Crippen molar-refractivity contribution in [2.45, 2.75) is 6.92 Å². The first-order valence-corrected chi connectivity index (χ1v) is 12.2. The van der Waals surface area contributed by atoms with Gasteiger partial charge in [-0.15, -0.1) is 0 Å². The van der Waals surface area contributed by atoms with Crippen molar-refractivity contribution in [1.29, 1.82) is 0 Å². The van der Waals surface area contributed by atoms with E-state index in [2.05, 4.69) is 88.0 Å². The molecular formula is C27H18BI. The molecule has 2 heteroatoms. The van der Waals surface area contributed by atoms with Crippen LogP contribution in [0.3, 0.4) is 0 Å². The quantitative estimate of drug-likeness (QED) is 0.369. The van der Waals surface area contributed by atoms with Crippen LogP contribution in [0.4, 0.5) is 0 Å². The van der Waals surface area contributed by atoms with E-state index in [1.54, 1.807) is 0 Å². The lowest BCUT2D eigenvalue weighted by molar-refractivity contribution is 1.41. The van der Waals surface area contributed by atoms with Gasteiger partial charge in [-0.2, -0.15) is 0 Å². The number of hydrogen-bond donors (Lipinski definition) is 0. The molecule has 0 unspecified atom stereocenters. The molecule has 136 valence electrons. The Bertz CT molecular complexity index is 1460. The first-order valence-electron chi connectivity index (χ1n) is 9.90. The minimum Gasteiger partial charge on any atom is -0.0991 e. The molecular weight excluding hydrogens is 462 g/mol. The van der Waals surface area contributed by atoms with Crippen molar-refractivity contribution in [3.63, 3.8) is 0 Å². The van der Waals surface area contributed by atoms with Crippen molar-refractivity contribution >= 4 is 57.2 Å². The van der Waals surface area contributed by atoms with Crippen molar-refractivity contribution in [3.8, 4) is 11.1 Å². The van der Waals surface area contributed by atoms with Crippen LogP contribution in [0.5, 0.6) is 0 Å². The molecule has 0 atom stereocenters. The molecule has 0 amide bonds. The van der Waals surface area contributed by atoms with E-state index in [0.717, 1.165) is 0 Å². The first-order chi connectivity index (χ1) is 14.3. The second-order valence-electron chi connectivity index (χ2n) is 7.75. The molecule has 29 heavy (non-hydrogen) atoms. The van der Waals surface area contributed by atoms with Crippen molar-refractivity contribution in [2.24, 2.45) is 0 Å². The molecule has 0 saturated carbocycles. The van der Waals surface area contributed by atoms with Crippen LogP contribution in [-0.4, -0.2) is 10.4 Å². The summed E-state index contributed by atoms with van der Waals surface area (Å²) in [4.78, 5) is 0. The van der Waals surface area contributed by atoms with Crippen LogP contribution in [0.1, 0.15) is 16.7 Å². The molecule has 0 radical (unpaired) electrons. The second kappa shape index (κ2) is 6.42. The molecule has 3 aromatic rings. The summed E-state index contributed by atoms with van der Waals surface area (Å²) in [6, 6.07) is 20.3. The van der Waals surface area contributed by atoms with Crippen LogP contribution in [0.15, 0.2) is 79.4 Å². The predicted octanol–water partition coefficient (Wildman–Crippen LogP) is 3.59. The highest BCUT2D eigenvalue weighted by Crippen LogP contribution is 2.39. The van der Waals surface area contributed by atoms with E-state index in [1.807, 2.05) is 6.08 Å². The molecule has 0 saturated heterocycles. The van der Waals surface area contributed by atoms with Gasteiger partial charge in [-0.25, -0.2) is 0 Å². The highest BCUT2D eigenvalue weighted by Gasteiger charge is 2.39. The monoisotopic (exact) mass is 480 g/mol. The molecule has 0 N–H and O–H groups in total. The van der Waals surface area contributed by atoms with Gasteiger partial charge in [-0.05, 0) is 81.6 Å². The third kappa shape index (κ3) is 2.30. The fourth-order valence-corrected chi connectivity index (χ4v) is 6.77. The van der Waals surface area contributed by atoms with E-state index < -0.39 is 0 Å². The molecule has 0 aliphatic carbocycles. The number of rotatable bonds is 1. The zero-order valence-corrected chi connectivity index (χ0v) is 18.3. The Labute approximate surface area is 181 Å². The van der Waals surface area contributed by atoms with Gasteiger partial charge < -0.3 is 0 Å². The van der Waals surface area contributed by atoms with Crippen molar-refractivity contribution < 1.29 is 0 Å². The summed E-state index contributed by atoms with van der Waals surface area (Å²) in [5.74, 6) is 0. The summed E-state index contributed by atoms with van der Waals surface area (Å²) in [6.07, 6.45) is 6.44. The van der Waals surface area contributed by atoms with Gasteiger partial charge in [0.2, 0.25) is 6.71 Å². The Hall–Kier alpha value is -2.68. The zero-order chi connectivity index (χ0) is 19.5. The van der Waals surface area contributed by atoms with Crippen LogP contribution in [-0.2, 0) is 0 Å². The summed E-state index contributed by atoms with van der Waals surface area (Å²) in [5.41, 5.74) is 12.3. The highest BCUT2D eigenvalue weighted by atomic mass is 127. The van der Waals surface area contributed by atoms with Crippen molar-refractivity contribution in [2.75, 3.05) is 0 Å². The number of hydrogen-bond acceptors (Lipinski definition) is 0. The largest absolute Gasteiger partial charge is 0.244 e. The summed E-state index contributed by atoms with van der Waals surface area (Å²) in [7, 11) is 0. The highest BCUT2D eigenvalue weighted by molar-refractivity contribution is 14.2. The SMILES string of the molecule is C=C/C=C1/B2c3c(cccc3-c3cccc(C)c31)C1=c3c2cccc3=CI=C=C1. The summed E-state index contributed by atoms with van der Waals surface area (Å²) < 4.78 is 6.01. The smallest absolute Gasteiger partial charge is 0.0991 e. The normalized spacial score (nSPS) is 16.2. The molecule has 0 aromatic heterocycles. The Morgan fingerprint density at radius 2 is 1.76 bits per heavy atom. The lowest BCUT2D eigenvalue weighted by Crippen LogP contribution is -2.60. The lowest BCUT2D eigenvalue weighted by Gasteiger charge is -2.35. The van der Waals surface area contributed by atoms with Gasteiger partial charge in [0.25, 0.3) is 0 Å². The molecule has 0 nitrogen and oxygen atoms in total. The molecule has 0 bridgehead atoms. The zero-order valence-electron chi connectivity index (χ0n) is 16.2. The van der Waals surface area contributed by atoms with Crippen molar-refractivity contribution in [1.82, 2.24) is 0 Å². The Morgan fingerprint density at radius 3 is 2.66 bits per heavy atom. The molecule has 6 rings (SSSR count). The summed E-state index contributed by atoms with van der Waals surface area (Å²) >= 11 is -0.175. The topological polar surface area (TPSA) is 0 Å². The molecule has 3 aliphatic heterocycles. The Balaban J connectivity index is 1.88. The average molecular weight is 480 g/mol. The maximum absolute atomic E-state index is 4.05. The van der Waals surface area contributed by atoms with Gasteiger partial charge in [-0.1, -0.05) is 93.4 Å². The van der Waals surface area contributed by atoms with E-state index in [0.29, 0.717) is 0 Å².